The van der Waals surface area contributed by atoms with E-state index in [1.54, 1.807) is 6.20 Å². The van der Waals surface area contributed by atoms with Crippen molar-refractivity contribution in [2.45, 2.75) is 20.3 Å². The molecule has 112 valence electrons. The van der Waals surface area contributed by atoms with Crippen LogP contribution in [0.15, 0.2) is 78.5 Å². The first-order chi connectivity index (χ1) is 10.7. The summed E-state index contributed by atoms with van der Waals surface area (Å²) in [4.78, 5) is 0. The fourth-order valence-corrected chi connectivity index (χ4v) is 2.37. The van der Waals surface area contributed by atoms with Gasteiger partial charge in [0.1, 0.15) is 0 Å². The number of allylic oxidation sites excluding steroid dienone is 4. The van der Waals surface area contributed by atoms with Gasteiger partial charge in [-0.2, -0.15) is 0 Å². The quantitative estimate of drug-likeness (QED) is 0.583. The van der Waals surface area contributed by atoms with Crippen LogP contribution in [0.3, 0.4) is 0 Å². The molecule has 0 unspecified atom stereocenters. The number of hydrogen-bond acceptors (Lipinski definition) is 1. The monoisotopic (exact) mass is 289 g/mol. The van der Waals surface area contributed by atoms with E-state index in [-0.39, 0.29) is 0 Å². The molecule has 0 amide bonds. The minimum atomic E-state index is 0.970. The largest absolute Gasteiger partial charge is 0.405 e. The van der Waals surface area contributed by atoms with E-state index in [4.69, 9.17) is 5.73 Å². The van der Waals surface area contributed by atoms with Crippen LogP contribution in [-0.4, -0.2) is 0 Å². The smallest absolute Gasteiger partial charge is 0.00563 e. The molecule has 0 radical (unpaired) electrons. The van der Waals surface area contributed by atoms with Crippen LogP contribution in [0.4, 0.5) is 0 Å². The second kappa shape index (κ2) is 8.04. The van der Waals surface area contributed by atoms with E-state index in [2.05, 4.69) is 74.5 Å². The van der Waals surface area contributed by atoms with Crippen LogP contribution in [0.2, 0.25) is 0 Å². The topological polar surface area (TPSA) is 26.0 Å². The molecule has 22 heavy (non-hydrogen) atoms. The van der Waals surface area contributed by atoms with Crippen LogP contribution in [0, 0.1) is 6.92 Å². The minimum absolute atomic E-state index is 0.970. The highest BCUT2D eigenvalue weighted by Crippen LogP contribution is 2.27. The Balaban J connectivity index is 2.54. The SMILES string of the molecule is CC/C=C(\C=C\N)C(=C/c1ccc(C)cc1)/c1ccccc1. The van der Waals surface area contributed by atoms with E-state index in [0.717, 1.165) is 12.0 Å². The van der Waals surface area contributed by atoms with Crippen molar-refractivity contribution < 1.29 is 0 Å². The summed E-state index contributed by atoms with van der Waals surface area (Å²) in [7, 11) is 0. The second-order valence-electron chi connectivity index (χ2n) is 5.26. The Kier molecular flexibility index (Phi) is 5.79. The number of benzene rings is 2. The van der Waals surface area contributed by atoms with E-state index in [1.807, 2.05) is 12.1 Å². The Hall–Kier alpha value is -2.54. The van der Waals surface area contributed by atoms with Crippen molar-refractivity contribution in [1.82, 2.24) is 0 Å². The van der Waals surface area contributed by atoms with Crippen LogP contribution in [-0.2, 0) is 0 Å². The number of rotatable bonds is 5. The first-order valence-corrected chi connectivity index (χ1v) is 7.67. The van der Waals surface area contributed by atoms with Gasteiger partial charge in [0.15, 0.2) is 0 Å². The Morgan fingerprint density at radius 2 is 1.68 bits per heavy atom. The molecular formula is C21H23N. The summed E-state index contributed by atoms with van der Waals surface area (Å²) in [5.74, 6) is 0. The highest BCUT2D eigenvalue weighted by molar-refractivity contribution is 5.92. The van der Waals surface area contributed by atoms with Gasteiger partial charge in [-0.05, 0) is 54.0 Å². The van der Waals surface area contributed by atoms with Crippen molar-refractivity contribution in [2.75, 3.05) is 0 Å². The molecule has 0 saturated carbocycles. The normalized spacial score (nSPS) is 12.8. The standard InChI is InChI=1S/C21H23N/c1-3-7-19(14-15-22)21(20-8-5-4-6-9-20)16-18-12-10-17(2)11-13-18/h4-16H,3,22H2,1-2H3/b15-14+,19-7+,21-16-. The van der Waals surface area contributed by atoms with Gasteiger partial charge >= 0.3 is 0 Å². The molecule has 0 aliphatic carbocycles. The fraction of sp³-hybridized carbons (Fsp3) is 0.143. The lowest BCUT2D eigenvalue weighted by Crippen LogP contribution is -1.90. The van der Waals surface area contributed by atoms with Crippen molar-refractivity contribution in [2.24, 2.45) is 5.73 Å². The Morgan fingerprint density at radius 3 is 2.27 bits per heavy atom. The first kappa shape index (κ1) is 15.8. The zero-order chi connectivity index (χ0) is 15.8. The molecule has 0 aliphatic heterocycles. The molecular weight excluding hydrogens is 266 g/mol. The average molecular weight is 289 g/mol. The van der Waals surface area contributed by atoms with Gasteiger partial charge in [0, 0.05) is 0 Å². The molecule has 1 heteroatoms. The van der Waals surface area contributed by atoms with Gasteiger partial charge in [-0.25, -0.2) is 0 Å². The maximum Gasteiger partial charge on any atom is -0.00563 e. The molecule has 1 nitrogen and oxygen atoms in total. The number of nitrogens with two attached hydrogens (primary N) is 1. The van der Waals surface area contributed by atoms with Crippen LogP contribution in [0.5, 0.6) is 0 Å². The van der Waals surface area contributed by atoms with Gasteiger partial charge in [-0.3, -0.25) is 0 Å². The summed E-state index contributed by atoms with van der Waals surface area (Å²) in [5.41, 5.74) is 11.6. The summed E-state index contributed by atoms with van der Waals surface area (Å²) in [6.07, 6.45) is 8.97. The van der Waals surface area contributed by atoms with E-state index in [1.165, 1.54) is 22.3 Å². The van der Waals surface area contributed by atoms with Crippen molar-refractivity contribution in [1.29, 1.82) is 0 Å². The summed E-state index contributed by atoms with van der Waals surface area (Å²) in [5, 5.41) is 0. The van der Waals surface area contributed by atoms with Gasteiger partial charge in [-0.1, -0.05) is 73.2 Å². The van der Waals surface area contributed by atoms with Crippen molar-refractivity contribution in [3.05, 3.63) is 95.2 Å². The van der Waals surface area contributed by atoms with Crippen LogP contribution in [0.1, 0.15) is 30.0 Å². The summed E-state index contributed by atoms with van der Waals surface area (Å²) in [6.45, 7) is 4.24. The molecule has 0 spiro atoms. The van der Waals surface area contributed by atoms with E-state index >= 15 is 0 Å². The lowest BCUT2D eigenvalue weighted by Gasteiger charge is -2.10. The summed E-state index contributed by atoms with van der Waals surface area (Å²) >= 11 is 0. The lowest BCUT2D eigenvalue weighted by molar-refractivity contribution is 1.21. The molecule has 2 N–H and O–H groups in total. The Morgan fingerprint density at radius 1 is 1.00 bits per heavy atom. The molecule has 2 rings (SSSR count). The summed E-state index contributed by atoms with van der Waals surface area (Å²) in [6, 6.07) is 19.0. The van der Waals surface area contributed by atoms with Crippen LogP contribution >= 0.6 is 0 Å². The maximum absolute atomic E-state index is 5.64. The Labute approximate surface area is 133 Å². The highest BCUT2D eigenvalue weighted by atomic mass is 14.5. The third-order valence-electron chi connectivity index (χ3n) is 3.48. The van der Waals surface area contributed by atoms with E-state index < -0.39 is 0 Å². The van der Waals surface area contributed by atoms with E-state index in [9.17, 15) is 0 Å². The lowest BCUT2D eigenvalue weighted by atomic mass is 9.94. The minimum Gasteiger partial charge on any atom is -0.405 e. The number of hydrogen-bond donors (Lipinski definition) is 1. The molecule has 0 heterocycles. The van der Waals surface area contributed by atoms with Gasteiger partial charge in [0.2, 0.25) is 0 Å². The van der Waals surface area contributed by atoms with Crippen molar-refractivity contribution in [3.63, 3.8) is 0 Å². The third kappa shape index (κ3) is 4.23. The molecule has 0 bridgehead atoms. The molecule has 0 fully saturated rings. The molecule has 0 aliphatic rings. The van der Waals surface area contributed by atoms with Crippen LogP contribution in [0.25, 0.3) is 11.6 Å². The summed E-state index contributed by atoms with van der Waals surface area (Å²) < 4.78 is 0. The predicted octanol–water partition coefficient (Wildman–Crippen LogP) is 5.34. The van der Waals surface area contributed by atoms with Gasteiger partial charge in [0.25, 0.3) is 0 Å². The zero-order valence-corrected chi connectivity index (χ0v) is 13.3. The van der Waals surface area contributed by atoms with Crippen molar-refractivity contribution in [3.8, 4) is 0 Å². The second-order valence-corrected chi connectivity index (χ2v) is 5.26. The van der Waals surface area contributed by atoms with Crippen molar-refractivity contribution >= 4 is 11.6 Å². The Bertz CT molecular complexity index is 674. The average Bonchev–Trinajstić information content (AvgIpc) is 2.55. The molecule has 2 aromatic carbocycles. The molecule has 0 saturated heterocycles. The third-order valence-corrected chi connectivity index (χ3v) is 3.48. The van der Waals surface area contributed by atoms with Gasteiger partial charge < -0.3 is 5.73 Å². The predicted molar refractivity (Wildman–Crippen MR) is 97.2 cm³/mol. The molecule has 0 atom stereocenters. The van der Waals surface area contributed by atoms with E-state index in [0.29, 0.717) is 0 Å². The van der Waals surface area contributed by atoms with Crippen LogP contribution < -0.4 is 5.73 Å². The van der Waals surface area contributed by atoms with Gasteiger partial charge in [0.05, 0.1) is 0 Å². The molecule has 0 aromatic heterocycles. The van der Waals surface area contributed by atoms with Gasteiger partial charge in [-0.15, -0.1) is 0 Å². The number of aryl methyl sites for hydroxylation is 1. The highest BCUT2D eigenvalue weighted by Gasteiger charge is 2.05. The zero-order valence-electron chi connectivity index (χ0n) is 13.3. The first-order valence-electron chi connectivity index (χ1n) is 7.67. The molecule has 2 aromatic rings. The maximum atomic E-state index is 5.64. The fourth-order valence-electron chi connectivity index (χ4n) is 2.37.